The van der Waals surface area contributed by atoms with E-state index < -0.39 is 6.10 Å². The lowest BCUT2D eigenvalue weighted by Crippen LogP contribution is -2.30. The minimum absolute atomic E-state index is 0.0623. The molecular weight excluding hydrogens is 841 g/mol. The third kappa shape index (κ3) is 55.3. The van der Waals surface area contributed by atoms with E-state index in [1.165, 1.54) is 238 Å². The summed E-state index contributed by atoms with van der Waals surface area (Å²) in [5.74, 6) is 0.841. The Labute approximate surface area is 425 Å². The molecule has 0 heterocycles. The van der Waals surface area contributed by atoms with E-state index in [-0.39, 0.29) is 31.1 Å². The average Bonchev–Trinajstić information content (AvgIpc) is 3.31. The van der Waals surface area contributed by atoms with E-state index in [0.717, 1.165) is 69.6 Å². The summed E-state index contributed by atoms with van der Waals surface area (Å²) in [6.07, 6.45) is 59.6. The Kier molecular flexibility index (Phi) is 53.5. The molecule has 6 heteroatoms. The van der Waals surface area contributed by atoms with E-state index in [0.29, 0.717) is 19.3 Å². The van der Waals surface area contributed by atoms with Crippen molar-refractivity contribution in [3.8, 4) is 0 Å². The second-order valence-corrected chi connectivity index (χ2v) is 22.3. The van der Waals surface area contributed by atoms with Crippen LogP contribution in [0.25, 0.3) is 0 Å². The van der Waals surface area contributed by atoms with Gasteiger partial charge in [-0.25, -0.2) is 0 Å². The number of carbonyl (C=O) groups is 3. The first-order chi connectivity index (χ1) is 33.2. The maximum absolute atomic E-state index is 12.9. The van der Waals surface area contributed by atoms with E-state index in [2.05, 4.69) is 34.6 Å². The summed E-state index contributed by atoms with van der Waals surface area (Å²) in [5, 5.41) is 0. The topological polar surface area (TPSA) is 78.9 Å². The van der Waals surface area contributed by atoms with Gasteiger partial charge in [-0.1, -0.05) is 311 Å². The van der Waals surface area contributed by atoms with Gasteiger partial charge in [-0.2, -0.15) is 0 Å². The molecule has 404 valence electrons. The van der Waals surface area contributed by atoms with Crippen molar-refractivity contribution in [2.75, 3.05) is 13.2 Å². The van der Waals surface area contributed by atoms with Crippen LogP contribution in [0.5, 0.6) is 0 Å². The number of unbranched alkanes of at least 4 members (excludes halogenated alkanes) is 41. The van der Waals surface area contributed by atoms with Crippen molar-refractivity contribution < 1.29 is 28.6 Å². The van der Waals surface area contributed by atoms with Crippen LogP contribution in [0.1, 0.15) is 349 Å². The fraction of sp³-hybridized carbons (Fsp3) is 0.952. The standard InChI is InChI=1S/C62H120O6/c1-6-7-8-9-10-11-12-13-14-20-23-26-32-37-42-47-52-60(63)66-55-59(56-67-61(64)53-48-43-38-33-29-28-31-36-41-46-51-58(4)5)68-62(65)54-49-44-39-34-27-24-21-18-16-15-17-19-22-25-30-35-40-45-50-57(2)3/h57-59H,6-56H2,1-5H3/t59-/m0/s1. The number of esters is 3. The van der Waals surface area contributed by atoms with E-state index >= 15 is 0 Å². The van der Waals surface area contributed by atoms with Crippen LogP contribution in [0.4, 0.5) is 0 Å². The molecule has 6 nitrogen and oxygen atoms in total. The molecule has 0 spiro atoms. The largest absolute Gasteiger partial charge is 0.462 e. The highest BCUT2D eigenvalue weighted by molar-refractivity contribution is 5.71. The first-order valence-corrected chi connectivity index (χ1v) is 30.7. The van der Waals surface area contributed by atoms with Gasteiger partial charge < -0.3 is 14.2 Å². The van der Waals surface area contributed by atoms with Gasteiger partial charge in [0.2, 0.25) is 0 Å². The van der Waals surface area contributed by atoms with Gasteiger partial charge in [0.05, 0.1) is 0 Å². The molecule has 0 aliphatic rings. The summed E-state index contributed by atoms with van der Waals surface area (Å²) in [6.45, 7) is 11.4. The molecule has 0 saturated heterocycles. The second kappa shape index (κ2) is 54.7. The van der Waals surface area contributed by atoms with Gasteiger partial charge in [-0.15, -0.1) is 0 Å². The van der Waals surface area contributed by atoms with Crippen molar-refractivity contribution in [3.63, 3.8) is 0 Å². The fourth-order valence-electron chi connectivity index (χ4n) is 9.58. The van der Waals surface area contributed by atoms with Gasteiger partial charge in [-0.05, 0) is 31.1 Å². The van der Waals surface area contributed by atoms with Crippen molar-refractivity contribution >= 4 is 17.9 Å². The van der Waals surface area contributed by atoms with E-state index in [1.54, 1.807) is 0 Å². The smallest absolute Gasteiger partial charge is 0.306 e. The molecule has 0 unspecified atom stereocenters. The van der Waals surface area contributed by atoms with Gasteiger partial charge in [0.25, 0.3) is 0 Å². The molecule has 0 saturated carbocycles. The van der Waals surface area contributed by atoms with Crippen molar-refractivity contribution in [1.29, 1.82) is 0 Å². The molecular formula is C62H120O6. The third-order valence-electron chi connectivity index (χ3n) is 14.2. The minimum Gasteiger partial charge on any atom is -0.462 e. The van der Waals surface area contributed by atoms with Crippen molar-refractivity contribution in [2.24, 2.45) is 11.8 Å². The Hall–Kier alpha value is -1.59. The monoisotopic (exact) mass is 961 g/mol. The Morgan fingerprint density at radius 1 is 0.279 bits per heavy atom. The predicted molar refractivity (Wildman–Crippen MR) is 293 cm³/mol. The van der Waals surface area contributed by atoms with Gasteiger partial charge in [0.1, 0.15) is 13.2 Å². The summed E-state index contributed by atoms with van der Waals surface area (Å²) < 4.78 is 16.9. The zero-order valence-electron chi connectivity index (χ0n) is 46.7. The molecule has 1 atom stereocenters. The van der Waals surface area contributed by atoms with Crippen LogP contribution >= 0.6 is 0 Å². The molecule has 0 aliphatic heterocycles. The zero-order valence-corrected chi connectivity index (χ0v) is 46.7. The maximum atomic E-state index is 12.9. The number of hydrogen-bond donors (Lipinski definition) is 0. The normalized spacial score (nSPS) is 12.0. The van der Waals surface area contributed by atoms with Crippen molar-refractivity contribution in [3.05, 3.63) is 0 Å². The fourth-order valence-corrected chi connectivity index (χ4v) is 9.58. The summed E-state index contributed by atoms with van der Waals surface area (Å²) in [7, 11) is 0. The molecule has 0 N–H and O–H groups in total. The highest BCUT2D eigenvalue weighted by atomic mass is 16.6. The Morgan fingerprint density at radius 3 is 0.721 bits per heavy atom. The van der Waals surface area contributed by atoms with Crippen molar-refractivity contribution in [2.45, 2.75) is 355 Å². The van der Waals surface area contributed by atoms with Gasteiger partial charge in [-0.3, -0.25) is 14.4 Å². The molecule has 0 bridgehead atoms. The van der Waals surface area contributed by atoms with E-state index in [4.69, 9.17) is 14.2 Å². The summed E-state index contributed by atoms with van der Waals surface area (Å²) >= 11 is 0. The SMILES string of the molecule is CCCCCCCCCCCCCCCCCCC(=O)OC[C@@H](COC(=O)CCCCCCCCCCCCC(C)C)OC(=O)CCCCCCCCCCCCCCCCCCCCC(C)C. The minimum atomic E-state index is -0.763. The molecule has 0 radical (unpaired) electrons. The van der Waals surface area contributed by atoms with Crippen LogP contribution in [0.2, 0.25) is 0 Å². The Morgan fingerprint density at radius 2 is 0.485 bits per heavy atom. The third-order valence-corrected chi connectivity index (χ3v) is 14.2. The van der Waals surface area contributed by atoms with Crippen LogP contribution in [-0.2, 0) is 28.6 Å². The number of carbonyl (C=O) groups excluding carboxylic acids is 3. The highest BCUT2D eigenvalue weighted by Crippen LogP contribution is 2.19. The molecule has 0 fully saturated rings. The first-order valence-electron chi connectivity index (χ1n) is 30.7. The molecule has 0 aromatic rings. The van der Waals surface area contributed by atoms with Crippen LogP contribution in [-0.4, -0.2) is 37.2 Å². The number of rotatable bonds is 56. The molecule has 0 aromatic heterocycles. The summed E-state index contributed by atoms with van der Waals surface area (Å²) in [5.41, 5.74) is 0. The van der Waals surface area contributed by atoms with Crippen LogP contribution < -0.4 is 0 Å². The summed E-state index contributed by atoms with van der Waals surface area (Å²) in [4.78, 5) is 38.2. The lowest BCUT2D eigenvalue weighted by Gasteiger charge is -2.18. The second-order valence-electron chi connectivity index (χ2n) is 22.3. The van der Waals surface area contributed by atoms with E-state index in [9.17, 15) is 14.4 Å². The number of ether oxygens (including phenoxy) is 3. The highest BCUT2D eigenvalue weighted by Gasteiger charge is 2.19. The Bertz CT molecular complexity index is 1040. The zero-order chi connectivity index (χ0) is 49.6. The maximum Gasteiger partial charge on any atom is 0.306 e. The number of hydrogen-bond acceptors (Lipinski definition) is 6. The summed E-state index contributed by atoms with van der Waals surface area (Å²) in [6, 6.07) is 0. The predicted octanol–water partition coefficient (Wildman–Crippen LogP) is 20.4. The molecule has 0 aromatic carbocycles. The van der Waals surface area contributed by atoms with Crippen LogP contribution in [0, 0.1) is 11.8 Å². The van der Waals surface area contributed by atoms with Gasteiger partial charge >= 0.3 is 17.9 Å². The molecule has 0 rings (SSSR count). The lowest BCUT2D eigenvalue weighted by molar-refractivity contribution is -0.167. The van der Waals surface area contributed by atoms with Gasteiger partial charge in [0, 0.05) is 19.3 Å². The van der Waals surface area contributed by atoms with Gasteiger partial charge in [0.15, 0.2) is 6.10 Å². The van der Waals surface area contributed by atoms with Crippen LogP contribution in [0.15, 0.2) is 0 Å². The van der Waals surface area contributed by atoms with Crippen molar-refractivity contribution in [1.82, 2.24) is 0 Å². The quantitative estimate of drug-likeness (QED) is 0.0343. The average molecular weight is 962 g/mol. The molecule has 0 amide bonds. The first kappa shape index (κ1) is 66.4. The van der Waals surface area contributed by atoms with E-state index in [1.807, 2.05) is 0 Å². The molecule has 68 heavy (non-hydrogen) atoms. The molecule has 0 aliphatic carbocycles. The van der Waals surface area contributed by atoms with Crippen LogP contribution in [0.3, 0.4) is 0 Å². The Balaban J connectivity index is 4.26. The lowest BCUT2D eigenvalue weighted by atomic mass is 10.0.